The van der Waals surface area contributed by atoms with Crippen molar-refractivity contribution >= 4 is 5.91 Å². The first-order valence-electron chi connectivity index (χ1n) is 5.82. The van der Waals surface area contributed by atoms with Gasteiger partial charge < -0.3 is 10.6 Å². The number of hydrogen-bond donors (Lipinski definition) is 2. The van der Waals surface area contributed by atoms with E-state index in [1.54, 1.807) is 0 Å². The molecule has 1 amide bonds. The monoisotopic (exact) mass is 219 g/mol. The Hall–Kier alpha value is -1.34. The second kappa shape index (κ2) is 4.67. The molecule has 86 valence electrons. The number of nitrogens with zero attached hydrogens (tertiary/aromatic N) is 1. The van der Waals surface area contributed by atoms with E-state index in [2.05, 4.69) is 16.7 Å². The highest BCUT2D eigenvalue weighted by Crippen LogP contribution is 2.25. The zero-order valence-electron chi connectivity index (χ0n) is 9.55. The minimum absolute atomic E-state index is 0.00117. The lowest BCUT2D eigenvalue weighted by Gasteiger charge is -2.23. The zero-order valence-corrected chi connectivity index (χ0v) is 9.55. The number of nitrogens with one attached hydrogen (secondary N) is 2. The summed E-state index contributed by atoms with van der Waals surface area (Å²) in [4.78, 5) is 11.9. The van der Waals surface area contributed by atoms with Crippen LogP contribution in [0.4, 0.5) is 0 Å². The largest absolute Gasteiger partial charge is 0.348 e. The zero-order chi connectivity index (χ0) is 11.5. The highest BCUT2D eigenvalue weighted by Gasteiger charge is 2.29. The molecule has 16 heavy (non-hydrogen) atoms. The van der Waals surface area contributed by atoms with E-state index in [1.165, 1.54) is 5.57 Å². The SMILES string of the molecule is CC(C(=O)NC1CCCC1C#N)=C1CNC1. The first kappa shape index (κ1) is 11.2. The summed E-state index contributed by atoms with van der Waals surface area (Å²) >= 11 is 0. The Morgan fingerprint density at radius 3 is 2.81 bits per heavy atom. The molecule has 2 unspecified atom stereocenters. The predicted octanol–water partition coefficient (Wildman–Crippen LogP) is 0.715. The van der Waals surface area contributed by atoms with Gasteiger partial charge in [-0.2, -0.15) is 5.26 Å². The fourth-order valence-corrected chi connectivity index (χ4v) is 2.24. The van der Waals surface area contributed by atoms with Gasteiger partial charge in [-0.25, -0.2) is 0 Å². The van der Waals surface area contributed by atoms with Crippen molar-refractivity contribution in [1.29, 1.82) is 5.26 Å². The maximum absolute atomic E-state index is 11.9. The van der Waals surface area contributed by atoms with E-state index in [9.17, 15) is 4.79 Å². The van der Waals surface area contributed by atoms with Gasteiger partial charge in [0.1, 0.15) is 0 Å². The molecule has 1 saturated carbocycles. The number of nitriles is 1. The molecule has 0 radical (unpaired) electrons. The van der Waals surface area contributed by atoms with Crippen LogP contribution in [0.3, 0.4) is 0 Å². The van der Waals surface area contributed by atoms with Crippen molar-refractivity contribution in [2.45, 2.75) is 32.2 Å². The van der Waals surface area contributed by atoms with Crippen LogP contribution in [0.15, 0.2) is 11.1 Å². The van der Waals surface area contributed by atoms with Crippen molar-refractivity contribution in [1.82, 2.24) is 10.6 Å². The van der Waals surface area contributed by atoms with Crippen molar-refractivity contribution in [2.24, 2.45) is 5.92 Å². The van der Waals surface area contributed by atoms with Gasteiger partial charge in [0.25, 0.3) is 0 Å². The lowest BCUT2D eigenvalue weighted by atomic mass is 10.0. The Balaban J connectivity index is 1.95. The van der Waals surface area contributed by atoms with E-state index in [0.29, 0.717) is 0 Å². The molecule has 4 heteroatoms. The third-order valence-electron chi connectivity index (χ3n) is 3.55. The third-order valence-corrected chi connectivity index (χ3v) is 3.55. The van der Waals surface area contributed by atoms with E-state index in [1.807, 2.05) is 6.92 Å². The second-order valence-corrected chi connectivity index (χ2v) is 4.58. The normalized spacial score (nSPS) is 28.1. The Bertz CT molecular complexity index is 361. The number of carbonyl (C=O) groups excluding carboxylic acids is 1. The third kappa shape index (κ3) is 2.10. The van der Waals surface area contributed by atoms with E-state index in [4.69, 9.17) is 5.26 Å². The van der Waals surface area contributed by atoms with Gasteiger partial charge in [-0.05, 0) is 31.8 Å². The Labute approximate surface area is 95.7 Å². The first-order chi connectivity index (χ1) is 7.72. The highest BCUT2D eigenvalue weighted by atomic mass is 16.1. The van der Waals surface area contributed by atoms with Crippen molar-refractivity contribution in [2.75, 3.05) is 13.1 Å². The minimum atomic E-state index is 0.00117. The first-order valence-corrected chi connectivity index (χ1v) is 5.82. The fourth-order valence-electron chi connectivity index (χ4n) is 2.24. The summed E-state index contributed by atoms with van der Waals surface area (Å²) < 4.78 is 0. The van der Waals surface area contributed by atoms with Crippen LogP contribution in [-0.2, 0) is 4.79 Å². The van der Waals surface area contributed by atoms with E-state index in [-0.39, 0.29) is 17.9 Å². The summed E-state index contributed by atoms with van der Waals surface area (Å²) in [5.41, 5.74) is 2.01. The molecule has 0 aromatic carbocycles. The Morgan fingerprint density at radius 2 is 2.25 bits per heavy atom. The summed E-state index contributed by atoms with van der Waals surface area (Å²) in [6.45, 7) is 3.51. The molecular formula is C12H17N3O. The van der Waals surface area contributed by atoms with Gasteiger partial charge in [-0.1, -0.05) is 0 Å². The van der Waals surface area contributed by atoms with Crippen molar-refractivity contribution in [3.8, 4) is 6.07 Å². The molecule has 2 fully saturated rings. The maximum Gasteiger partial charge on any atom is 0.247 e. The molecule has 2 atom stereocenters. The van der Waals surface area contributed by atoms with Crippen molar-refractivity contribution in [3.63, 3.8) is 0 Å². The number of rotatable bonds is 2. The van der Waals surface area contributed by atoms with Gasteiger partial charge >= 0.3 is 0 Å². The van der Waals surface area contributed by atoms with Crippen molar-refractivity contribution < 1.29 is 4.79 Å². The number of carbonyl (C=O) groups is 1. The fraction of sp³-hybridized carbons (Fsp3) is 0.667. The van der Waals surface area contributed by atoms with Crippen LogP contribution in [0.25, 0.3) is 0 Å². The average Bonchev–Trinajstić information content (AvgIpc) is 2.62. The molecule has 2 rings (SSSR count). The molecule has 1 aliphatic heterocycles. The molecular weight excluding hydrogens is 202 g/mol. The lowest BCUT2D eigenvalue weighted by Crippen LogP contribution is -2.41. The van der Waals surface area contributed by atoms with Crippen molar-refractivity contribution in [3.05, 3.63) is 11.1 Å². The number of hydrogen-bond acceptors (Lipinski definition) is 3. The van der Waals surface area contributed by atoms with Crippen LogP contribution < -0.4 is 10.6 Å². The molecule has 4 nitrogen and oxygen atoms in total. The summed E-state index contributed by atoms with van der Waals surface area (Å²) in [6.07, 6.45) is 2.89. The summed E-state index contributed by atoms with van der Waals surface area (Å²) in [5.74, 6) is 0.00455. The standard InChI is InChI=1S/C12H17N3O/c1-8(10-6-14-7-10)12(16)15-11-4-2-3-9(11)5-13/h9,11,14H,2-4,6-7H2,1H3,(H,15,16). The van der Waals surface area contributed by atoms with Crippen LogP contribution in [0.2, 0.25) is 0 Å². The molecule has 2 aliphatic rings. The molecule has 0 spiro atoms. The number of amides is 1. The molecule has 0 bridgehead atoms. The smallest absolute Gasteiger partial charge is 0.247 e. The molecule has 1 heterocycles. The van der Waals surface area contributed by atoms with Crippen LogP contribution in [0.5, 0.6) is 0 Å². The Kier molecular flexibility index (Phi) is 3.25. The average molecular weight is 219 g/mol. The van der Waals surface area contributed by atoms with E-state index >= 15 is 0 Å². The van der Waals surface area contributed by atoms with Gasteiger partial charge in [0.15, 0.2) is 0 Å². The summed E-state index contributed by atoms with van der Waals surface area (Å²) in [5, 5.41) is 15.0. The van der Waals surface area contributed by atoms with Crippen LogP contribution in [0, 0.1) is 17.2 Å². The van der Waals surface area contributed by atoms with Crippen LogP contribution in [0.1, 0.15) is 26.2 Å². The van der Waals surface area contributed by atoms with Crippen LogP contribution in [-0.4, -0.2) is 25.0 Å². The van der Waals surface area contributed by atoms with Crippen LogP contribution >= 0.6 is 0 Å². The molecule has 2 N–H and O–H groups in total. The summed E-state index contributed by atoms with van der Waals surface area (Å²) in [7, 11) is 0. The molecule has 0 aromatic rings. The lowest BCUT2D eigenvalue weighted by molar-refractivity contribution is -0.118. The predicted molar refractivity (Wildman–Crippen MR) is 60.5 cm³/mol. The minimum Gasteiger partial charge on any atom is -0.348 e. The molecule has 0 aromatic heterocycles. The van der Waals surface area contributed by atoms with Gasteiger partial charge in [-0.3, -0.25) is 4.79 Å². The topological polar surface area (TPSA) is 64.9 Å². The van der Waals surface area contributed by atoms with Gasteiger partial charge in [0.05, 0.1) is 12.0 Å². The van der Waals surface area contributed by atoms with E-state index < -0.39 is 0 Å². The molecule has 1 saturated heterocycles. The highest BCUT2D eigenvalue weighted by molar-refractivity contribution is 5.94. The molecule has 1 aliphatic carbocycles. The Morgan fingerprint density at radius 1 is 1.50 bits per heavy atom. The quantitative estimate of drug-likeness (QED) is 0.672. The van der Waals surface area contributed by atoms with Gasteiger partial charge in [0, 0.05) is 24.7 Å². The van der Waals surface area contributed by atoms with Gasteiger partial charge in [0.2, 0.25) is 5.91 Å². The second-order valence-electron chi connectivity index (χ2n) is 4.58. The van der Waals surface area contributed by atoms with Gasteiger partial charge in [-0.15, -0.1) is 0 Å². The summed E-state index contributed by atoms with van der Waals surface area (Å²) in [6, 6.07) is 2.33. The maximum atomic E-state index is 11.9. The van der Waals surface area contributed by atoms with E-state index in [0.717, 1.165) is 37.9 Å².